The maximum absolute atomic E-state index is 10.9. The Morgan fingerprint density at radius 3 is 2.83 bits per heavy atom. The monoisotopic (exact) mass is 254 g/mol. The zero-order valence-corrected chi connectivity index (χ0v) is 11.8. The van der Waals surface area contributed by atoms with Crippen LogP contribution in [0.3, 0.4) is 0 Å². The van der Waals surface area contributed by atoms with Crippen LogP contribution in [0.15, 0.2) is 0 Å². The fraction of sp³-hybridized carbons (Fsp3) is 0.933. The van der Waals surface area contributed by atoms with E-state index in [0.29, 0.717) is 24.4 Å². The lowest BCUT2D eigenvalue weighted by molar-refractivity contribution is -0.143. The third kappa shape index (κ3) is 2.42. The predicted molar refractivity (Wildman–Crippen MR) is 70.0 cm³/mol. The van der Waals surface area contributed by atoms with Gasteiger partial charge in [0.15, 0.2) is 0 Å². The van der Waals surface area contributed by atoms with Crippen LogP contribution in [0, 0.1) is 23.2 Å². The highest BCUT2D eigenvalue weighted by molar-refractivity contribution is 5.65. The number of rotatable bonds is 3. The van der Waals surface area contributed by atoms with Crippen LogP contribution in [0.1, 0.15) is 52.9 Å². The van der Waals surface area contributed by atoms with E-state index in [0.717, 1.165) is 19.3 Å². The molecule has 2 aliphatic carbocycles. The van der Waals surface area contributed by atoms with Crippen molar-refractivity contribution in [2.24, 2.45) is 23.2 Å². The summed E-state index contributed by atoms with van der Waals surface area (Å²) < 4.78 is 5.17. The summed E-state index contributed by atoms with van der Waals surface area (Å²) in [7, 11) is 0. The number of esters is 1. The van der Waals surface area contributed by atoms with E-state index in [1.807, 2.05) is 0 Å². The second-order valence-electron chi connectivity index (χ2n) is 6.54. The Hall–Kier alpha value is -0.570. The third-order valence-electron chi connectivity index (χ3n) is 5.40. The second-order valence-corrected chi connectivity index (χ2v) is 6.54. The first-order valence-electron chi connectivity index (χ1n) is 7.26. The molecule has 5 atom stereocenters. The molecule has 1 N–H and O–H groups in total. The van der Waals surface area contributed by atoms with E-state index >= 15 is 0 Å². The molecule has 0 aromatic rings. The van der Waals surface area contributed by atoms with Crippen molar-refractivity contribution < 1.29 is 14.6 Å². The number of aliphatic hydroxyl groups is 1. The van der Waals surface area contributed by atoms with E-state index in [4.69, 9.17) is 4.74 Å². The predicted octanol–water partition coefficient (Wildman–Crippen LogP) is 2.76. The first kappa shape index (κ1) is 13.9. The molecule has 18 heavy (non-hydrogen) atoms. The summed E-state index contributed by atoms with van der Waals surface area (Å²) in [5, 5.41) is 10.2. The van der Waals surface area contributed by atoms with Crippen LogP contribution in [0.5, 0.6) is 0 Å². The minimum Gasteiger partial charge on any atom is -0.466 e. The number of carbonyl (C=O) groups is 1. The second kappa shape index (κ2) is 5.20. The van der Waals surface area contributed by atoms with Crippen molar-refractivity contribution >= 4 is 5.97 Å². The molecule has 0 heterocycles. The number of fused-ring (bicyclic) bond motifs is 1. The molecule has 0 aromatic carbocycles. The minimum atomic E-state index is -0.190. The fourth-order valence-corrected chi connectivity index (χ4v) is 4.49. The van der Waals surface area contributed by atoms with E-state index in [9.17, 15) is 9.90 Å². The van der Waals surface area contributed by atoms with Crippen molar-refractivity contribution in [1.29, 1.82) is 0 Å². The van der Waals surface area contributed by atoms with E-state index < -0.39 is 0 Å². The van der Waals surface area contributed by atoms with Gasteiger partial charge < -0.3 is 9.84 Å². The summed E-state index contributed by atoms with van der Waals surface area (Å²) in [4.78, 5) is 10.9. The molecule has 0 saturated heterocycles. The summed E-state index contributed by atoms with van der Waals surface area (Å²) >= 11 is 0. The van der Waals surface area contributed by atoms with E-state index in [1.54, 1.807) is 0 Å². The normalized spacial score (nSPS) is 41.2. The van der Waals surface area contributed by atoms with Crippen molar-refractivity contribution in [3.05, 3.63) is 0 Å². The molecule has 0 aliphatic heterocycles. The number of carbonyl (C=O) groups excluding carboxylic acids is 1. The molecule has 3 unspecified atom stereocenters. The first-order valence-corrected chi connectivity index (χ1v) is 7.26. The van der Waals surface area contributed by atoms with Crippen molar-refractivity contribution in [2.75, 3.05) is 6.61 Å². The molecular formula is C15H26O3. The maximum Gasteiger partial charge on any atom is 0.302 e. The van der Waals surface area contributed by atoms with Gasteiger partial charge >= 0.3 is 5.97 Å². The van der Waals surface area contributed by atoms with Crippen LogP contribution < -0.4 is 0 Å². The molecule has 2 rings (SSSR count). The zero-order chi connectivity index (χ0) is 13.3. The zero-order valence-electron chi connectivity index (χ0n) is 11.8. The molecule has 2 fully saturated rings. The van der Waals surface area contributed by atoms with Crippen molar-refractivity contribution in [2.45, 2.75) is 59.0 Å². The Morgan fingerprint density at radius 1 is 1.44 bits per heavy atom. The van der Waals surface area contributed by atoms with Gasteiger partial charge in [0.1, 0.15) is 0 Å². The minimum absolute atomic E-state index is 0.116. The summed E-state index contributed by atoms with van der Waals surface area (Å²) in [5.74, 6) is 1.24. The van der Waals surface area contributed by atoms with Gasteiger partial charge in [-0.3, -0.25) is 4.79 Å². The Labute approximate surface area is 110 Å². The van der Waals surface area contributed by atoms with Gasteiger partial charge in [-0.2, -0.15) is 0 Å². The lowest BCUT2D eigenvalue weighted by Crippen LogP contribution is -2.42. The highest BCUT2D eigenvalue weighted by atomic mass is 16.5. The average molecular weight is 254 g/mol. The van der Waals surface area contributed by atoms with Crippen LogP contribution in [0.2, 0.25) is 0 Å². The van der Waals surface area contributed by atoms with Crippen LogP contribution >= 0.6 is 0 Å². The van der Waals surface area contributed by atoms with Gasteiger partial charge in [-0.1, -0.05) is 20.3 Å². The molecule has 0 radical (unpaired) electrons. The van der Waals surface area contributed by atoms with Crippen molar-refractivity contribution in [1.82, 2.24) is 0 Å². The van der Waals surface area contributed by atoms with Gasteiger partial charge in [-0.25, -0.2) is 0 Å². The Balaban J connectivity index is 2.03. The Kier molecular flexibility index (Phi) is 4.00. The van der Waals surface area contributed by atoms with E-state index in [-0.39, 0.29) is 17.5 Å². The Morgan fingerprint density at radius 2 is 2.17 bits per heavy atom. The molecule has 0 spiro atoms. The lowest BCUT2D eigenvalue weighted by atomic mass is 9.62. The van der Waals surface area contributed by atoms with Gasteiger partial charge in [-0.15, -0.1) is 0 Å². The summed E-state index contributed by atoms with van der Waals surface area (Å²) in [6.45, 7) is 6.51. The average Bonchev–Trinajstić information content (AvgIpc) is 2.64. The highest BCUT2D eigenvalue weighted by Gasteiger charge is 2.52. The molecule has 0 bridgehead atoms. The lowest BCUT2D eigenvalue weighted by Gasteiger charge is -2.45. The Bertz CT molecular complexity index is 315. The molecule has 0 amide bonds. The van der Waals surface area contributed by atoms with Gasteiger partial charge in [-0.05, 0) is 48.9 Å². The number of ether oxygens (including phenoxy) is 1. The van der Waals surface area contributed by atoms with Crippen molar-refractivity contribution in [3.8, 4) is 0 Å². The van der Waals surface area contributed by atoms with Crippen LogP contribution in [-0.4, -0.2) is 23.8 Å². The summed E-state index contributed by atoms with van der Waals surface area (Å²) in [6, 6.07) is 0. The van der Waals surface area contributed by atoms with Gasteiger partial charge in [0, 0.05) is 6.92 Å². The topological polar surface area (TPSA) is 46.5 Å². The fourth-order valence-electron chi connectivity index (χ4n) is 4.49. The number of aliphatic hydroxyl groups excluding tert-OH is 1. The molecule has 3 nitrogen and oxygen atoms in total. The highest BCUT2D eigenvalue weighted by Crippen LogP contribution is 2.57. The standard InChI is InChI=1S/C15H26O3/c1-10(9-18-11(2)16)12-6-7-13-14(17)5-4-8-15(12,13)3/h10,12-14,17H,4-9H2,1-3H3/t10-,12?,13?,14?,15-/m1/s1. The summed E-state index contributed by atoms with van der Waals surface area (Å²) in [6.07, 6.45) is 5.49. The smallest absolute Gasteiger partial charge is 0.302 e. The number of hydrogen-bond donors (Lipinski definition) is 1. The van der Waals surface area contributed by atoms with Crippen LogP contribution in [0.25, 0.3) is 0 Å². The van der Waals surface area contributed by atoms with E-state index in [1.165, 1.54) is 19.8 Å². The van der Waals surface area contributed by atoms with Gasteiger partial charge in [0.25, 0.3) is 0 Å². The summed E-state index contributed by atoms with van der Waals surface area (Å²) in [5.41, 5.74) is 0.247. The molecule has 104 valence electrons. The largest absolute Gasteiger partial charge is 0.466 e. The van der Waals surface area contributed by atoms with E-state index in [2.05, 4.69) is 13.8 Å². The van der Waals surface area contributed by atoms with Crippen molar-refractivity contribution in [3.63, 3.8) is 0 Å². The molecule has 2 aliphatic rings. The molecule has 0 aromatic heterocycles. The molecule has 2 saturated carbocycles. The van der Waals surface area contributed by atoms with Gasteiger partial charge in [0.2, 0.25) is 0 Å². The molecule has 3 heteroatoms. The molecular weight excluding hydrogens is 228 g/mol. The third-order valence-corrected chi connectivity index (χ3v) is 5.40. The maximum atomic E-state index is 10.9. The SMILES string of the molecule is CC(=O)OC[C@@H](C)C1CCC2C(O)CCC[C@@]21C. The number of hydrogen-bond acceptors (Lipinski definition) is 3. The van der Waals surface area contributed by atoms with Gasteiger partial charge in [0.05, 0.1) is 12.7 Å². The van der Waals surface area contributed by atoms with Crippen LogP contribution in [-0.2, 0) is 9.53 Å². The van der Waals surface area contributed by atoms with Crippen LogP contribution in [0.4, 0.5) is 0 Å². The quantitative estimate of drug-likeness (QED) is 0.788. The first-order chi connectivity index (χ1) is 8.45.